The van der Waals surface area contributed by atoms with E-state index in [1.165, 1.54) is 0 Å². The van der Waals surface area contributed by atoms with Crippen LogP contribution in [0.1, 0.15) is 17.2 Å². The number of benzene rings is 2. The van der Waals surface area contributed by atoms with Crippen molar-refractivity contribution in [1.82, 2.24) is 0 Å². The first-order valence-corrected chi connectivity index (χ1v) is 6.16. The molecule has 0 aliphatic carbocycles. The normalized spacial score (nSPS) is 12.2. The lowest BCUT2D eigenvalue weighted by Crippen LogP contribution is -2.09. The van der Waals surface area contributed by atoms with Crippen LogP contribution in [0.15, 0.2) is 54.6 Å². The van der Waals surface area contributed by atoms with Gasteiger partial charge in [-0.05, 0) is 23.3 Å². The predicted octanol–water partition coefficient (Wildman–Crippen LogP) is 3.03. The van der Waals surface area contributed by atoms with Crippen molar-refractivity contribution in [3.8, 4) is 0 Å². The Morgan fingerprint density at radius 2 is 1.56 bits per heavy atom. The van der Waals surface area contributed by atoms with Crippen molar-refractivity contribution < 1.29 is 5.11 Å². The van der Waals surface area contributed by atoms with Crippen LogP contribution in [0, 0.1) is 0 Å². The van der Waals surface area contributed by atoms with Crippen LogP contribution in [0.3, 0.4) is 0 Å². The molecule has 0 aromatic heterocycles. The largest absolute Gasteiger partial charge is 0.388 e. The monoisotopic (exact) mass is 241 g/mol. The Bertz CT molecular complexity index is 476. The van der Waals surface area contributed by atoms with Crippen molar-refractivity contribution in [3.63, 3.8) is 0 Å². The second kappa shape index (κ2) is 5.69. The number of rotatable bonds is 4. The topological polar surface area (TPSA) is 23.5 Å². The van der Waals surface area contributed by atoms with E-state index >= 15 is 0 Å². The maximum absolute atomic E-state index is 10.2. The van der Waals surface area contributed by atoms with Crippen LogP contribution >= 0.6 is 0 Å². The highest BCUT2D eigenvalue weighted by Crippen LogP contribution is 2.21. The van der Waals surface area contributed by atoms with Gasteiger partial charge < -0.3 is 10.0 Å². The van der Waals surface area contributed by atoms with Gasteiger partial charge in [0.2, 0.25) is 0 Å². The van der Waals surface area contributed by atoms with Crippen molar-refractivity contribution >= 4 is 5.69 Å². The van der Waals surface area contributed by atoms with Crippen LogP contribution in [0.4, 0.5) is 5.69 Å². The van der Waals surface area contributed by atoms with E-state index in [4.69, 9.17) is 0 Å². The summed E-state index contributed by atoms with van der Waals surface area (Å²) in [6, 6.07) is 18.1. The van der Waals surface area contributed by atoms with Crippen molar-refractivity contribution in [1.29, 1.82) is 0 Å². The third-order valence-electron chi connectivity index (χ3n) is 3.07. The summed E-state index contributed by atoms with van der Waals surface area (Å²) in [5.74, 6) is 0. The fraction of sp³-hybridized carbons (Fsp3) is 0.250. The van der Waals surface area contributed by atoms with Crippen molar-refractivity contribution in [2.45, 2.75) is 12.5 Å². The summed E-state index contributed by atoms with van der Waals surface area (Å²) >= 11 is 0. The lowest BCUT2D eigenvalue weighted by molar-refractivity contribution is 0.178. The van der Waals surface area contributed by atoms with Crippen LogP contribution in [0.25, 0.3) is 0 Å². The van der Waals surface area contributed by atoms with Crippen molar-refractivity contribution in [2.24, 2.45) is 0 Å². The summed E-state index contributed by atoms with van der Waals surface area (Å²) in [5.41, 5.74) is 3.26. The first kappa shape index (κ1) is 12.7. The van der Waals surface area contributed by atoms with Crippen LogP contribution in [0.2, 0.25) is 0 Å². The van der Waals surface area contributed by atoms with E-state index in [2.05, 4.69) is 0 Å². The molecular formula is C16H19NO. The first-order valence-electron chi connectivity index (χ1n) is 6.16. The van der Waals surface area contributed by atoms with Gasteiger partial charge in [0.25, 0.3) is 0 Å². The number of anilines is 1. The highest BCUT2D eigenvalue weighted by Gasteiger charge is 2.08. The molecule has 0 aliphatic rings. The number of aliphatic hydroxyl groups excluding tert-OH is 1. The molecule has 94 valence electrons. The molecule has 0 spiro atoms. The van der Waals surface area contributed by atoms with Gasteiger partial charge in [0.15, 0.2) is 0 Å². The smallest absolute Gasteiger partial charge is 0.0830 e. The molecule has 2 aromatic rings. The van der Waals surface area contributed by atoms with Gasteiger partial charge in [0.05, 0.1) is 6.10 Å². The molecule has 18 heavy (non-hydrogen) atoms. The molecule has 2 heteroatoms. The standard InChI is InChI=1S/C16H19NO/c1-17(2)15-10-8-14(9-11-15)16(18)12-13-6-4-3-5-7-13/h3-11,16,18H,12H2,1-2H3/t16-/m1/s1. The number of hydrogen-bond donors (Lipinski definition) is 1. The Hall–Kier alpha value is -1.80. The predicted molar refractivity (Wildman–Crippen MR) is 75.9 cm³/mol. The van der Waals surface area contributed by atoms with Crippen LogP contribution in [0.5, 0.6) is 0 Å². The molecule has 0 saturated carbocycles. The van der Waals surface area contributed by atoms with Crippen molar-refractivity contribution in [3.05, 3.63) is 65.7 Å². The Morgan fingerprint density at radius 3 is 2.11 bits per heavy atom. The minimum absolute atomic E-state index is 0.441. The fourth-order valence-corrected chi connectivity index (χ4v) is 1.95. The molecule has 0 heterocycles. The van der Waals surface area contributed by atoms with Gasteiger partial charge in [-0.1, -0.05) is 42.5 Å². The number of hydrogen-bond acceptors (Lipinski definition) is 2. The van der Waals surface area contributed by atoms with E-state index in [0.29, 0.717) is 6.42 Å². The summed E-state index contributed by atoms with van der Waals surface area (Å²) in [4.78, 5) is 2.05. The molecule has 1 N–H and O–H groups in total. The van der Waals surface area contributed by atoms with Gasteiger partial charge in [-0.3, -0.25) is 0 Å². The summed E-state index contributed by atoms with van der Waals surface area (Å²) < 4.78 is 0. The number of nitrogens with zero attached hydrogens (tertiary/aromatic N) is 1. The third-order valence-corrected chi connectivity index (χ3v) is 3.07. The Labute approximate surface area is 109 Å². The first-order chi connectivity index (χ1) is 8.66. The van der Waals surface area contributed by atoms with E-state index in [1.54, 1.807) is 0 Å². The zero-order valence-electron chi connectivity index (χ0n) is 10.9. The Morgan fingerprint density at radius 1 is 0.944 bits per heavy atom. The number of aliphatic hydroxyl groups is 1. The SMILES string of the molecule is CN(C)c1ccc([C@H](O)Cc2ccccc2)cc1. The molecule has 0 unspecified atom stereocenters. The molecule has 2 aromatic carbocycles. The van der Waals surface area contributed by atoms with E-state index in [0.717, 1.165) is 16.8 Å². The molecule has 1 atom stereocenters. The minimum atomic E-state index is -0.441. The molecule has 0 amide bonds. The van der Waals surface area contributed by atoms with Gasteiger partial charge in [0.1, 0.15) is 0 Å². The summed E-state index contributed by atoms with van der Waals surface area (Å²) in [6.07, 6.45) is 0.214. The molecular weight excluding hydrogens is 222 g/mol. The van der Waals surface area contributed by atoms with Gasteiger partial charge in [-0.25, -0.2) is 0 Å². The van der Waals surface area contributed by atoms with Gasteiger partial charge in [-0.15, -0.1) is 0 Å². The summed E-state index contributed by atoms with van der Waals surface area (Å²) in [6.45, 7) is 0. The molecule has 0 aliphatic heterocycles. The van der Waals surface area contributed by atoms with Crippen molar-refractivity contribution in [2.75, 3.05) is 19.0 Å². The second-order valence-electron chi connectivity index (χ2n) is 4.69. The molecule has 2 nitrogen and oxygen atoms in total. The lowest BCUT2D eigenvalue weighted by Gasteiger charge is -2.15. The molecule has 0 bridgehead atoms. The average Bonchev–Trinajstić information content (AvgIpc) is 2.40. The maximum atomic E-state index is 10.2. The van der Waals surface area contributed by atoms with Gasteiger partial charge >= 0.3 is 0 Å². The summed E-state index contributed by atoms with van der Waals surface area (Å²) in [7, 11) is 4.02. The van der Waals surface area contributed by atoms with Crippen LogP contribution < -0.4 is 4.90 Å². The molecule has 2 rings (SSSR count). The lowest BCUT2D eigenvalue weighted by atomic mass is 10.0. The Balaban J connectivity index is 2.07. The molecule has 0 saturated heterocycles. The quantitative estimate of drug-likeness (QED) is 0.889. The summed E-state index contributed by atoms with van der Waals surface area (Å²) in [5, 5.41) is 10.2. The van der Waals surface area contributed by atoms with Gasteiger partial charge in [-0.2, -0.15) is 0 Å². The highest BCUT2D eigenvalue weighted by atomic mass is 16.3. The zero-order chi connectivity index (χ0) is 13.0. The van der Waals surface area contributed by atoms with E-state index in [9.17, 15) is 5.11 Å². The second-order valence-corrected chi connectivity index (χ2v) is 4.69. The van der Waals surface area contributed by atoms with Gasteiger partial charge in [0, 0.05) is 26.2 Å². The maximum Gasteiger partial charge on any atom is 0.0830 e. The molecule has 0 radical (unpaired) electrons. The van der Waals surface area contributed by atoms with E-state index in [-0.39, 0.29) is 0 Å². The highest BCUT2D eigenvalue weighted by molar-refractivity contribution is 5.46. The van der Waals surface area contributed by atoms with E-state index < -0.39 is 6.10 Å². The zero-order valence-corrected chi connectivity index (χ0v) is 10.9. The third kappa shape index (κ3) is 3.11. The average molecular weight is 241 g/mol. The minimum Gasteiger partial charge on any atom is -0.388 e. The molecule has 0 fully saturated rings. The fourth-order valence-electron chi connectivity index (χ4n) is 1.95. The Kier molecular flexibility index (Phi) is 4.00. The van der Waals surface area contributed by atoms with E-state index in [1.807, 2.05) is 73.6 Å². The van der Waals surface area contributed by atoms with Crippen LogP contribution in [-0.4, -0.2) is 19.2 Å². The van der Waals surface area contributed by atoms with Crippen LogP contribution in [-0.2, 0) is 6.42 Å².